The second kappa shape index (κ2) is 8.99. The van der Waals surface area contributed by atoms with Gasteiger partial charge in [0, 0.05) is 18.7 Å². The molecule has 0 aliphatic carbocycles. The van der Waals surface area contributed by atoms with Gasteiger partial charge in [0.05, 0.1) is 32.8 Å². The average Bonchev–Trinajstić information content (AvgIpc) is 2.61. The highest BCUT2D eigenvalue weighted by atomic mass is 35.5. The standard InChI is InChI=1S/C15H14ClF2N3O6S/c16-11-8-10(2-4-14(11)27-15(17)18)28(25,26)20-13-7-9(21(23)24)1-3-12(13)19-5-6-22/h1-4,7-8,15,19-20,22H,5-6H2. The van der Waals surface area contributed by atoms with Gasteiger partial charge in [-0.15, -0.1) is 0 Å². The minimum Gasteiger partial charge on any atom is -0.433 e. The molecule has 0 fully saturated rings. The van der Waals surface area contributed by atoms with E-state index in [9.17, 15) is 27.3 Å². The summed E-state index contributed by atoms with van der Waals surface area (Å²) in [5.41, 5.74) is -0.329. The van der Waals surface area contributed by atoms with E-state index in [2.05, 4.69) is 14.8 Å². The lowest BCUT2D eigenvalue weighted by atomic mass is 10.2. The number of ether oxygens (including phenoxy) is 1. The molecule has 0 atom stereocenters. The maximum Gasteiger partial charge on any atom is 0.387 e. The van der Waals surface area contributed by atoms with Crippen molar-refractivity contribution >= 4 is 38.7 Å². The summed E-state index contributed by atoms with van der Waals surface area (Å²) in [6, 6.07) is 6.28. The van der Waals surface area contributed by atoms with E-state index in [0.717, 1.165) is 30.3 Å². The van der Waals surface area contributed by atoms with Crippen LogP contribution in [-0.4, -0.2) is 38.2 Å². The molecule has 0 spiro atoms. The molecule has 0 heterocycles. The first-order chi connectivity index (χ1) is 13.1. The highest BCUT2D eigenvalue weighted by molar-refractivity contribution is 7.92. The molecule has 2 rings (SSSR count). The van der Waals surface area contributed by atoms with Gasteiger partial charge in [0.25, 0.3) is 15.7 Å². The second-order valence-electron chi connectivity index (χ2n) is 5.21. The molecule has 0 amide bonds. The number of halogens is 3. The van der Waals surface area contributed by atoms with Crippen molar-refractivity contribution in [3.63, 3.8) is 0 Å². The van der Waals surface area contributed by atoms with Gasteiger partial charge in [-0.3, -0.25) is 14.8 Å². The van der Waals surface area contributed by atoms with Crippen LogP contribution in [0.25, 0.3) is 0 Å². The Morgan fingerprint density at radius 1 is 1.21 bits per heavy atom. The molecule has 0 bridgehead atoms. The Kier molecular flexibility index (Phi) is 6.94. The summed E-state index contributed by atoms with van der Waals surface area (Å²) < 4.78 is 56.1. The zero-order valence-electron chi connectivity index (χ0n) is 13.9. The van der Waals surface area contributed by atoms with Gasteiger partial charge in [0.2, 0.25) is 0 Å². The van der Waals surface area contributed by atoms with Crippen LogP contribution in [0.2, 0.25) is 5.02 Å². The van der Waals surface area contributed by atoms with Gasteiger partial charge >= 0.3 is 6.61 Å². The van der Waals surface area contributed by atoms with Crippen molar-refractivity contribution in [2.45, 2.75) is 11.5 Å². The maximum absolute atomic E-state index is 12.6. The summed E-state index contributed by atoms with van der Waals surface area (Å²) in [7, 11) is -4.27. The van der Waals surface area contributed by atoms with Gasteiger partial charge in [0.15, 0.2) is 0 Å². The lowest BCUT2D eigenvalue weighted by molar-refractivity contribution is -0.384. The number of nitro benzene ring substituents is 1. The lowest BCUT2D eigenvalue weighted by Gasteiger charge is -2.14. The molecule has 0 aliphatic rings. The van der Waals surface area contributed by atoms with Gasteiger partial charge in [-0.1, -0.05) is 11.6 Å². The largest absolute Gasteiger partial charge is 0.433 e. The van der Waals surface area contributed by atoms with Crippen LogP contribution in [0.15, 0.2) is 41.3 Å². The molecule has 2 aromatic carbocycles. The molecule has 3 N–H and O–H groups in total. The molecule has 28 heavy (non-hydrogen) atoms. The summed E-state index contributed by atoms with van der Waals surface area (Å²) >= 11 is 5.77. The first-order valence-corrected chi connectivity index (χ1v) is 9.40. The number of rotatable bonds is 9. The number of sulfonamides is 1. The van der Waals surface area contributed by atoms with Crippen LogP contribution in [0.5, 0.6) is 5.75 Å². The van der Waals surface area contributed by atoms with Crippen molar-refractivity contribution < 1.29 is 32.0 Å². The number of benzene rings is 2. The summed E-state index contributed by atoms with van der Waals surface area (Å²) in [5, 5.41) is 22.2. The monoisotopic (exact) mass is 437 g/mol. The number of aliphatic hydroxyl groups is 1. The minimum absolute atomic E-state index is 0.0675. The fourth-order valence-electron chi connectivity index (χ4n) is 2.12. The highest BCUT2D eigenvalue weighted by Crippen LogP contribution is 2.32. The van der Waals surface area contributed by atoms with Gasteiger partial charge < -0.3 is 15.2 Å². The van der Waals surface area contributed by atoms with Crippen LogP contribution in [0.3, 0.4) is 0 Å². The smallest absolute Gasteiger partial charge is 0.387 e. The number of alkyl halides is 2. The summed E-state index contributed by atoms with van der Waals surface area (Å²) in [5.74, 6) is -0.406. The molecule has 0 saturated carbocycles. The third-order valence-corrected chi connectivity index (χ3v) is 4.97. The predicted octanol–water partition coefficient (Wildman–Crippen LogP) is 3.05. The molecule has 2 aromatic rings. The van der Waals surface area contributed by atoms with Crippen molar-refractivity contribution in [3.05, 3.63) is 51.5 Å². The maximum atomic E-state index is 12.6. The lowest BCUT2D eigenvalue weighted by Crippen LogP contribution is -2.16. The van der Waals surface area contributed by atoms with Crippen LogP contribution in [0.1, 0.15) is 0 Å². The molecule has 0 aliphatic heterocycles. The fraction of sp³-hybridized carbons (Fsp3) is 0.200. The van der Waals surface area contributed by atoms with Gasteiger partial charge in [0.1, 0.15) is 5.75 Å². The SMILES string of the molecule is O=[N+]([O-])c1ccc(NCCO)c(NS(=O)(=O)c2ccc(OC(F)F)c(Cl)c2)c1. The topological polar surface area (TPSA) is 131 Å². The Morgan fingerprint density at radius 3 is 2.50 bits per heavy atom. The Hall–Kier alpha value is -2.70. The summed E-state index contributed by atoms with van der Waals surface area (Å²) in [4.78, 5) is 9.88. The van der Waals surface area contributed by atoms with E-state index in [-0.39, 0.29) is 40.1 Å². The quantitative estimate of drug-likeness (QED) is 0.406. The molecular weight excluding hydrogens is 424 g/mol. The normalized spacial score (nSPS) is 11.3. The summed E-state index contributed by atoms with van der Waals surface area (Å²) in [6.45, 7) is -3.33. The Bertz CT molecular complexity index is 974. The molecule has 0 radical (unpaired) electrons. The number of nitrogens with zero attached hydrogens (tertiary/aromatic N) is 1. The van der Waals surface area contributed by atoms with E-state index in [1.54, 1.807) is 0 Å². The molecule has 9 nitrogen and oxygen atoms in total. The Balaban J connectivity index is 2.38. The van der Waals surface area contributed by atoms with E-state index in [1.165, 1.54) is 6.07 Å². The third kappa shape index (κ3) is 5.41. The number of aliphatic hydroxyl groups excluding tert-OH is 1. The number of nitro groups is 1. The molecule has 0 aromatic heterocycles. The van der Waals surface area contributed by atoms with Crippen molar-refractivity contribution in [1.29, 1.82) is 0 Å². The van der Waals surface area contributed by atoms with E-state index < -0.39 is 27.3 Å². The molecule has 13 heteroatoms. The number of nitrogens with one attached hydrogen (secondary N) is 2. The number of anilines is 2. The molecule has 0 saturated heterocycles. The predicted molar refractivity (Wildman–Crippen MR) is 97.6 cm³/mol. The van der Waals surface area contributed by atoms with E-state index in [0.29, 0.717) is 0 Å². The van der Waals surface area contributed by atoms with Crippen LogP contribution >= 0.6 is 11.6 Å². The number of non-ortho nitro benzene ring substituents is 1. The van der Waals surface area contributed by atoms with Gasteiger partial charge in [-0.25, -0.2) is 8.42 Å². The van der Waals surface area contributed by atoms with Crippen molar-refractivity contribution in [3.8, 4) is 5.75 Å². The van der Waals surface area contributed by atoms with Crippen LogP contribution in [0.4, 0.5) is 25.8 Å². The van der Waals surface area contributed by atoms with E-state index in [4.69, 9.17) is 16.7 Å². The van der Waals surface area contributed by atoms with Gasteiger partial charge in [-0.05, 0) is 24.3 Å². The molecule has 0 unspecified atom stereocenters. The van der Waals surface area contributed by atoms with E-state index >= 15 is 0 Å². The zero-order chi connectivity index (χ0) is 20.9. The first-order valence-electron chi connectivity index (χ1n) is 7.54. The van der Waals surface area contributed by atoms with Crippen molar-refractivity contribution in [1.82, 2.24) is 0 Å². The highest BCUT2D eigenvalue weighted by Gasteiger charge is 2.20. The third-order valence-electron chi connectivity index (χ3n) is 3.32. The van der Waals surface area contributed by atoms with E-state index in [1.807, 2.05) is 0 Å². The van der Waals surface area contributed by atoms with Crippen LogP contribution in [-0.2, 0) is 10.0 Å². The molecular formula is C15H14ClF2N3O6S. The number of hydrogen-bond donors (Lipinski definition) is 3. The van der Waals surface area contributed by atoms with Crippen LogP contribution in [0, 0.1) is 10.1 Å². The minimum atomic E-state index is -4.27. The molecule has 152 valence electrons. The zero-order valence-corrected chi connectivity index (χ0v) is 15.5. The Labute approximate surface area is 163 Å². The fourth-order valence-corrected chi connectivity index (χ4v) is 3.51. The number of hydrogen-bond acceptors (Lipinski definition) is 7. The Morgan fingerprint density at radius 2 is 1.93 bits per heavy atom. The summed E-state index contributed by atoms with van der Waals surface area (Å²) in [6.07, 6.45) is 0. The van der Waals surface area contributed by atoms with Gasteiger partial charge in [-0.2, -0.15) is 8.78 Å². The van der Waals surface area contributed by atoms with Crippen molar-refractivity contribution in [2.24, 2.45) is 0 Å². The van der Waals surface area contributed by atoms with Crippen molar-refractivity contribution in [2.75, 3.05) is 23.2 Å². The second-order valence-corrected chi connectivity index (χ2v) is 7.30. The first kappa shape index (κ1) is 21.6. The van der Waals surface area contributed by atoms with Crippen LogP contribution < -0.4 is 14.8 Å². The average molecular weight is 438 g/mol.